The first kappa shape index (κ1) is 24.7. The van der Waals surface area contributed by atoms with Crippen molar-refractivity contribution in [3.63, 3.8) is 0 Å². The molecule has 5 rings (SSSR count). The first-order chi connectivity index (χ1) is 17.5. The van der Waals surface area contributed by atoms with Crippen molar-refractivity contribution in [2.75, 3.05) is 52.3 Å². The van der Waals surface area contributed by atoms with Crippen LogP contribution in [0.4, 0.5) is 15.1 Å². The van der Waals surface area contributed by atoms with E-state index in [0.717, 1.165) is 49.4 Å². The summed E-state index contributed by atoms with van der Waals surface area (Å²) in [4.78, 5) is 29.8. The average molecular weight is 501 g/mol. The maximum Gasteiger partial charge on any atom is 0.426 e. The van der Waals surface area contributed by atoms with E-state index in [9.17, 15) is 9.18 Å². The maximum atomic E-state index is 13.9. The van der Waals surface area contributed by atoms with Crippen molar-refractivity contribution in [3.05, 3.63) is 47.0 Å². The van der Waals surface area contributed by atoms with Crippen LogP contribution in [0.3, 0.4) is 0 Å². The number of likely N-dealkylation sites (N-methyl/N-ethyl adjacent to an activating group) is 1. The first-order valence-electron chi connectivity index (χ1n) is 12.4. The van der Waals surface area contributed by atoms with Gasteiger partial charge in [0.25, 0.3) is 0 Å². The number of ether oxygens (including phenoxy) is 2. The second-order valence-electron chi connectivity index (χ2n) is 9.66. The van der Waals surface area contributed by atoms with Gasteiger partial charge in [-0.2, -0.15) is 0 Å². The van der Waals surface area contributed by atoms with Crippen molar-refractivity contribution >= 4 is 12.0 Å². The van der Waals surface area contributed by atoms with Crippen LogP contribution in [-0.4, -0.2) is 85.1 Å². The SMILES string of the molecule is COc1cc([C@@H]2CN(C)C[C@H]2NC(=O)ON2CCc3cnc(NC4CCOCC4)nc3C2)ccc1F. The highest BCUT2D eigenvalue weighted by Crippen LogP contribution is 2.30. The predicted molar refractivity (Wildman–Crippen MR) is 130 cm³/mol. The van der Waals surface area contributed by atoms with Crippen LogP contribution in [0.25, 0.3) is 0 Å². The van der Waals surface area contributed by atoms with Crippen LogP contribution in [0.5, 0.6) is 5.75 Å². The van der Waals surface area contributed by atoms with Gasteiger partial charge in [0.2, 0.25) is 5.95 Å². The smallest absolute Gasteiger partial charge is 0.426 e. The van der Waals surface area contributed by atoms with Gasteiger partial charge in [0.05, 0.1) is 25.4 Å². The molecule has 36 heavy (non-hydrogen) atoms. The number of aromatic nitrogens is 2. The third-order valence-corrected chi connectivity index (χ3v) is 7.09. The molecule has 0 saturated carbocycles. The number of carbonyl (C=O) groups excluding carboxylic acids is 1. The fourth-order valence-electron chi connectivity index (χ4n) is 5.14. The van der Waals surface area contributed by atoms with Crippen LogP contribution < -0.4 is 15.4 Å². The zero-order valence-electron chi connectivity index (χ0n) is 20.7. The monoisotopic (exact) mass is 500 g/mol. The number of nitrogens with one attached hydrogen (secondary N) is 2. The van der Waals surface area contributed by atoms with Crippen molar-refractivity contribution in [1.29, 1.82) is 0 Å². The van der Waals surface area contributed by atoms with Crippen molar-refractivity contribution in [3.8, 4) is 5.75 Å². The molecule has 0 spiro atoms. The van der Waals surface area contributed by atoms with E-state index in [1.165, 1.54) is 13.2 Å². The number of nitrogens with zero attached hydrogens (tertiary/aromatic N) is 4. The van der Waals surface area contributed by atoms with Crippen LogP contribution in [0, 0.1) is 5.82 Å². The molecular formula is C25H33FN6O4. The van der Waals surface area contributed by atoms with E-state index in [4.69, 9.17) is 14.3 Å². The molecule has 11 heteroatoms. The van der Waals surface area contributed by atoms with Gasteiger partial charge in [-0.15, -0.1) is 5.06 Å². The van der Waals surface area contributed by atoms with E-state index in [1.54, 1.807) is 17.2 Å². The molecule has 2 atom stereocenters. The second-order valence-corrected chi connectivity index (χ2v) is 9.66. The van der Waals surface area contributed by atoms with Crippen molar-refractivity contribution in [2.24, 2.45) is 0 Å². The van der Waals surface area contributed by atoms with Gasteiger partial charge in [-0.25, -0.2) is 19.2 Å². The topological polar surface area (TPSA) is 101 Å². The molecule has 2 aromatic rings. The Kier molecular flexibility index (Phi) is 7.49. The zero-order valence-corrected chi connectivity index (χ0v) is 20.7. The number of rotatable bonds is 6. The van der Waals surface area contributed by atoms with E-state index in [-0.39, 0.29) is 17.7 Å². The second kappa shape index (κ2) is 10.9. The molecule has 2 fully saturated rings. The van der Waals surface area contributed by atoms with Crippen LogP contribution in [0.1, 0.15) is 35.6 Å². The molecule has 0 bridgehead atoms. The number of benzene rings is 1. The van der Waals surface area contributed by atoms with Crippen LogP contribution in [0.15, 0.2) is 24.4 Å². The van der Waals surface area contributed by atoms with Gasteiger partial charge in [0.15, 0.2) is 11.6 Å². The van der Waals surface area contributed by atoms with Crippen molar-refractivity contribution < 1.29 is 23.5 Å². The number of halogens is 1. The molecule has 10 nitrogen and oxygen atoms in total. The van der Waals surface area contributed by atoms with Crippen LogP contribution >= 0.6 is 0 Å². The van der Waals surface area contributed by atoms with Gasteiger partial charge in [0.1, 0.15) is 0 Å². The van der Waals surface area contributed by atoms with Crippen LogP contribution in [-0.2, 0) is 22.5 Å². The van der Waals surface area contributed by atoms with Gasteiger partial charge >= 0.3 is 6.09 Å². The van der Waals surface area contributed by atoms with Crippen LogP contribution in [0.2, 0.25) is 0 Å². The molecule has 2 N–H and O–H groups in total. The normalized spacial score (nSPS) is 23.2. The summed E-state index contributed by atoms with van der Waals surface area (Å²) in [7, 11) is 3.44. The van der Waals surface area contributed by atoms with Gasteiger partial charge in [-0.3, -0.25) is 0 Å². The first-order valence-corrected chi connectivity index (χ1v) is 12.4. The molecule has 0 radical (unpaired) electrons. The lowest BCUT2D eigenvalue weighted by Gasteiger charge is -2.28. The van der Waals surface area contributed by atoms with Gasteiger partial charge in [-0.1, -0.05) is 6.07 Å². The summed E-state index contributed by atoms with van der Waals surface area (Å²) in [5.41, 5.74) is 2.84. The molecular weight excluding hydrogens is 467 g/mol. The number of methoxy groups -OCH3 is 1. The largest absolute Gasteiger partial charge is 0.494 e. The molecule has 1 amide bonds. The Hall–Kier alpha value is -3.02. The Bertz CT molecular complexity index is 1080. The molecule has 3 aliphatic heterocycles. The molecule has 1 aromatic heterocycles. The summed E-state index contributed by atoms with van der Waals surface area (Å²) in [5, 5.41) is 8.04. The third-order valence-electron chi connectivity index (χ3n) is 7.09. The average Bonchev–Trinajstić information content (AvgIpc) is 3.24. The highest BCUT2D eigenvalue weighted by molar-refractivity contribution is 5.67. The number of fused-ring (bicyclic) bond motifs is 1. The fourth-order valence-corrected chi connectivity index (χ4v) is 5.14. The standard InChI is InChI=1S/C25H33FN6O4/c1-31-13-19(16-3-4-20(26)23(11-16)34-2)22(14-31)30-25(33)36-32-8-5-17-12-27-24(29-21(17)15-32)28-18-6-9-35-10-7-18/h3-4,11-12,18-19,22H,5-10,13-15H2,1-2H3,(H,30,33)(H,27,28,29)/t19-,22+/m0/s1. The Morgan fingerprint density at radius 2 is 2.08 bits per heavy atom. The minimum atomic E-state index is -0.507. The summed E-state index contributed by atoms with van der Waals surface area (Å²) in [6, 6.07) is 4.98. The van der Waals surface area contributed by atoms with E-state index in [0.29, 0.717) is 38.0 Å². The molecule has 4 heterocycles. The highest BCUT2D eigenvalue weighted by Gasteiger charge is 2.34. The number of anilines is 1. The Morgan fingerprint density at radius 1 is 1.25 bits per heavy atom. The molecule has 2 saturated heterocycles. The van der Waals surface area contributed by atoms with Gasteiger partial charge in [0, 0.05) is 51.0 Å². The predicted octanol–water partition coefficient (Wildman–Crippen LogP) is 2.31. The minimum Gasteiger partial charge on any atom is -0.494 e. The number of carbonyl (C=O) groups is 1. The Morgan fingerprint density at radius 3 is 2.89 bits per heavy atom. The summed E-state index contributed by atoms with van der Waals surface area (Å²) >= 11 is 0. The molecule has 194 valence electrons. The third kappa shape index (κ3) is 5.69. The quantitative estimate of drug-likeness (QED) is 0.619. The number of likely N-dealkylation sites (tertiary alicyclic amines) is 1. The molecule has 3 aliphatic rings. The van der Waals surface area contributed by atoms with Crippen molar-refractivity contribution in [1.82, 2.24) is 25.2 Å². The van der Waals surface area contributed by atoms with Gasteiger partial charge in [-0.05, 0) is 49.6 Å². The molecule has 1 aromatic carbocycles. The van der Waals surface area contributed by atoms with E-state index in [2.05, 4.69) is 25.5 Å². The number of hydroxylamine groups is 2. The maximum absolute atomic E-state index is 13.9. The van der Waals surface area contributed by atoms with E-state index in [1.807, 2.05) is 13.2 Å². The van der Waals surface area contributed by atoms with Crippen molar-refractivity contribution in [2.45, 2.75) is 43.8 Å². The van der Waals surface area contributed by atoms with E-state index >= 15 is 0 Å². The summed E-state index contributed by atoms with van der Waals surface area (Å²) < 4.78 is 24.5. The number of amides is 1. The Labute approximate surface area is 210 Å². The summed E-state index contributed by atoms with van der Waals surface area (Å²) in [6.07, 6.45) is 3.91. The number of hydrogen-bond acceptors (Lipinski definition) is 9. The van der Waals surface area contributed by atoms with Gasteiger partial charge < -0.3 is 29.8 Å². The lowest BCUT2D eigenvalue weighted by atomic mass is 9.94. The summed E-state index contributed by atoms with van der Waals surface area (Å²) in [6.45, 7) is 3.85. The lowest BCUT2D eigenvalue weighted by molar-refractivity contribution is -0.112. The summed E-state index contributed by atoms with van der Waals surface area (Å²) in [5.74, 6) is 0.379. The highest BCUT2D eigenvalue weighted by atomic mass is 19.1. The number of hydrogen-bond donors (Lipinski definition) is 2. The molecule has 0 unspecified atom stereocenters. The lowest BCUT2D eigenvalue weighted by Crippen LogP contribution is -2.44. The van der Waals surface area contributed by atoms with E-state index < -0.39 is 11.9 Å². The fraction of sp³-hybridized carbons (Fsp3) is 0.560. The zero-order chi connectivity index (χ0) is 25.1. The molecule has 0 aliphatic carbocycles. The Balaban J connectivity index is 1.19. The minimum absolute atomic E-state index is 0.00862.